The van der Waals surface area contributed by atoms with E-state index in [1.54, 1.807) is 6.20 Å². The van der Waals surface area contributed by atoms with Crippen molar-refractivity contribution in [2.24, 2.45) is 0 Å². The first-order valence-corrected chi connectivity index (χ1v) is 7.45. The average Bonchev–Trinajstić information content (AvgIpc) is 2.41. The number of hydrogen-bond acceptors (Lipinski definition) is 3. The lowest BCUT2D eigenvalue weighted by molar-refractivity contribution is 0.452. The Kier molecular flexibility index (Phi) is 5.60. The van der Waals surface area contributed by atoms with Crippen molar-refractivity contribution in [2.75, 3.05) is 6.54 Å². The molecule has 0 amide bonds. The maximum Gasteiger partial charge on any atom is 0.223 e. The zero-order valence-corrected chi connectivity index (χ0v) is 13.1. The number of pyridine rings is 1. The second kappa shape index (κ2) is 7.45. The zero-order valence-electron chi connectivity index (χ0n) is 10.9. The monoisotopic (exact) mass is 368 g/mol. The van der Waals surface area contributed by atoms with Crippen LogP contribution in [0.2, 0.25) is 0 Å². The maximum atomic E-state index is 5.87. The highest BCUT2D eigenvalue weighted by Crippen LogP contribution is 2.24. The van der Waals surface area contributed by atoms with Gasteiger partial charge < -0.3 is 10.1 Å². The van der Waals surface area contributed by atoms with Gasteiger partial charge in [0.2, 0.25) is 5.88 Å². The summed E-state index contributed by atoms with van der Waals surface area (Å²) < 4.78 is 7.01. The molecule has 0 unspecified atom stereocenters. The van der Waals surface area contributed by atoms with Crippen molar-refractivity contribution >= 4 is 22.6 Å². The zero-order chi connectivity index (χ0) is 13.5. The van der Waals surface area contributed by atoms with Crippen molar-refractivity contribution in [3.8, 4) is 11.6 Å². The number of hydrogen-bond donors (Lipinski definition) is 1. The fourth-order valence-corrected chi connectivity index (χ4v) is 2.21. The molecule has 1 heterocycles. The van der Waals surface area contributed by atoms with E-state index in [-0.39, 0.29) is 0 Å². The molecule has 0 atom stereocenters. The first-order valence-electron chi connectivity index (χ1n) is 6.37. The van der Waals surface area contributed by atoms with Gasteiger partial charge in [-0.05, 0) is 59.8 Å². The van der Waals surface area contributed by atoms with Gasteiger partial charge >= 0.3 is 0 Å². The van der Waals surface area contributed by atoms with Gasteiger partial charge in [0.1, 0.15) is 5.75 Å². The predicted molar refractivity (Wildman–Crippen MR) is 85.5 cm³/mol. The molecule has 0 saturated carbocycles. The van der Waals surface area contributed by atoms with E-state index >= 15 is 0 Å². The molecule has 4 heteroatoms. The fourth-order valence-electron chi connectivity index (χ4n) is 1.69. The molecular weight excluding hydrogens is 351 g/mol. The molecule has 0 aliphatic rings. The summed E-state index contributed by atoms with van der Waals surface area (Å²) in [6.07, 6.45) is 2.87. The quantitative estimate of drug-likeness (QED) is 0.619. The molecule has 0 saturated heterocycles. The van der Waals surface area contributed by atoms with Crippen LogP contribution in [0.4, 0.5) is 0 Å². The number of ether oxygens (including phenoxy) is 1. The Hall–Kier alpha value is -1.14. The van der Waals surface area contributed by atoms with Crippen LogP contribution in [0.15, 0.2) is 42.6 Å². The largest absolute Gasteiger partial charge is 0.439 e. The molecule has 2 aromatic rings. The van der Waals surface area contributed by atoms with Gasteiger partial charge in [0.15, 0.2) is 0 Å². The third kappa shape index (κ3) is 4.47. The minimum atomic E-state index is 0.674. The highest BCUT2D eigenvalue weighted by atomic mass is 127. The third-order valence-corrected chi connectivity index (χ3v) is 3.27. The molecule has 1 N–H and O–H groups in total. The molecule has 0 radical (unpaired) electrons. The van der Waals surface area contributed by atoms with E-state index in [0.717, 1.165) is 34.4 Å². The van der Waals surface area contributed by atoms with Crippen LogP contribution >= 0.6 is 22.6 Å². The normalized spacial score (nSPS) is 10.4. The Morgan fingerprint density at radius 1 is 1.26 bits per heavy atom. The molecule has 0 fully saturated rings. The number of benzene rings is 1. The topological polar surface area (TPSA) is 34.2 Å². The second-order valence-corrected chi connectivity index (χ2v) is 5.45. The summed E-state index contributed by atoms with van der Waals surface area (Å²) in [7, 11) is 0. The molecule has 1 aromatic heterocycles. The summed E-state index contributed by atoms with van der Waals surface area (Å²) in [5.41, 5.74) is 1.08. The molecule has 0 aliphatic carbocycles. The summed E-state index contributed by atoms with van der Waals surface area (Å²) in [5, 5.41) is 3.37. The highest BCUT2D eigenvalue weighted by molar-refractivity contribution is 14.1. The molecule has 0 aliphatic heterocycles. The number of rotatable bonds is 6. The predicted octanol–water partition coefficient (Wildman–Crippen LogP) is 3.98. The maximum absolute atomic E-state index is 5.87. The molecule has 1 aromatic carbocycles. The van der Waals surface area contributed by atoms with E-state index in [1.807, 2.05) is 36.4 Å². The van der Waals surface area contributed by atoms with E-state index in [1.165, 1.54) is 0 Å². The number of nitrogens with one attached hydrogen (secondary N) is 1. The number of aromatic nitrogens is 1. The summed E-state index contributed by atoms with van der Waals surface area (Å²) in [4.78, 5) is 4.32. The molecule has 100 valence electrons. The fraction of sp³-hybridized carbons (Fsp3) is 0.267. The Bertz CT molecular complexity index is 531. The van der Waals surface area contributed by atoms with Crippen molar-refractivity contribution in [3.05, 3.63) is 51.7 Å². The van der Waals surface area contributed by atoms with Crippen LogP contribution in [-0.2, 0) is 6.54 Å². The van der Waals surface area contributed by atoms with Crippen LogP contribution < -0.4 is 10.1 Å². The first-order chi connectivity index (χ1) is 9.29. The minimum Gasteiger partial charge on any atom is -0.439 e. The van der Waals surface area contributed by atoms with Crippen molar-refractivity contribution < 1.29 is 4.74 Å². The van der Waals surface area contributed by atoms with E-state index in [9.17, 15) is 0 Å². The van der Waals surface area contributed by atoms with Crippen LogP contribution in [0.25, 0.3) is 0 Å². The molecule has 3 nitrogen and oxygen atoms in total. The van der Waals surface area contributed by atoms with Crippen molar-refractivity contribution in [2.45, 2.75) is 19.9 Å². The van der Waals surface area contributed by atoms with Crippen molar-refractivity contribution in [1.82, 2.24) is 10.3 Å². The van der Waals surface area contributed by atoms with Crippen LogP contribution in [0.1, 0.15) is 18.9 Å². The minimum absolute atomic E-state index is 0.674. The smallest absolute Gasteiger partial charge is 0.223 e. The van der Waals surface area contributed by atoms with Gasteiger partial charge in [0.05, 0.1) is 0 Å². The summed E-state index contributed by atoms with van der Waals surface area (Å²) in [5.74, 6) is 1.50. The van der Waals surface area contributed by atoms with Gasteiger partial charge in [-0.3, -0.25) is 0 Å². The Labute approximate surface area is 127 Å². The summed E-state index contributed by atoms with van der Waals surface area (Å²) in [6.45, 7) is 3.93. The third-order valence-electron chi connectivity index (χ3n) is 2.60. The van der Waals surface area contributed by atoms with E-state index in [2.05, 4.69) is 39.8 Å². The Morgan fingerprint density at radius 3 is 2.95 bits per heavy atom. The van der Waals surface area contributed by atoms with E-state index < -0.39 is 0 Å². The lowest BCUT2D eigenvalue weighted by Gasteiger charge is -2.10. The van der Waals surface area contributed by atoms with Gasteiger partial charge in [-0.1, -0.05) is 19.1 Å². The van der Waals surface area contributed by atoms with Crippen LogP contribution in [0.3, 0.4) is 0 Å². The number of nitrogens with zero attached hydrogens (tertiary/aromatic N) is 1. The Balaban J connectivity index is 2.11. The number of halogens is 1. The summed E-state index contributed by atoms with van der Waals surface area (Å²) in [6, 6.07) is 11.9. The van der Waals surface area contributed by atoms with Gasteiger partial charge in [-0.15, -0.1) is 0 Å². The van der Waals surface area contributed by atoms with Crippen LogP contribution in [0, 0.1) is 3.57 Å². The first kappa shape index (κ1) is 14.3. The SMILES string of the molecule is CCCNCc1cccnc1Oc1cccc(I)c1. The van der Waals surface area contributed by atoms with E-state index in [4.69, 9.17) is 4.74 Å². The van der Waals surface area contributed by atoms with Crippen molar-refractivity contribution in [1.29, 1.82) is 0 Å². The lowest BCUT2D eigenvalue weighted by atomic mass is 10.2. The molecule has 0 spiro atoms. The van der Waals surface area contributed by atoms with Crippen LogP contribution in [-0.4, -0.2) is 11.5 Å². The molecule has 19 heavy (non-hydrogen) atoms. The molecular formula is C15H17IN2O. The highest BCUT2D eigenvalue weighted by Gasteiger charge is 2.05. The molecule has 2 rings (SSSR count). The van der Waals surface area contributed by atoms with Gasteiger partial charge in [0, 0.05) is 21.9 Å². The second-order valence-electron chi connectivity index (χ2n) is 4.20. The van der Waals surface area contributed by atoms with E-state index in [0.29, 0.717) is 5.88 Å². The lowest BCUT2D eigenvalue weighted by Crippen LogP contribution is -2.14. The van der Waals surface area contributed by atoms with Crippen LogP contribution in [0.5, 0.6) is 11.6 Å². The standard InChI is InChI=1S/C15H17IN2O/c1-2-8-17-11-12-5-4-9-18-15(12)19-14-7-3-6-13(16)10-14/h3-7,9-10,17H,2,8,11H2,1H3. The Morgan fingerprint density at radius 2 is 2.16 bits per heavy atom. The molecule has 0 bridgehead atoms. The summed E-state index contributed by atoms with van der Waals surface area (Å²) >= 11 is 2.27. The van der Waals surface area contributed by atoms with Crippen molar-refractivity contribution in [3.63, 3.8) is 0 Å². The van der Waals surface area contributed by atoms with Gasteiger partial charge in [-0.2, -0.15) is 0 Å². The average molecular weight is 368 g/mol. The van der Waals surface area contributed by atoms with Gasteiger partial charge in [0.25, 0.3) is 0 Å². The van der Waals surface area contributed by atoms with Gasteiger partial charge in [-0.25, -0.2) is 4.98 Å².